The van der Waals surface area contributed by atoms with Gasteiger partial charge in [-0.05, 0) is 86.8 Å². The molecule has 0 bridgehead atoms. The van der Waals surface area contributed by atoms with Gasteiger partial charge in [-0.15, -0.1) is 0 Å². The van der Waals surface area contributed by atoms with E-state index < -0.39 is 0 Å². The molecule has 0 N–H and O–H groups in total. The molecule has 0 saturated carbocycles. The monoisotopic (exact) mass is 765 g/mol. The first kappa shape index (κ1) is 47.9. The van der Waals surface area contributed by atoms with Crippen LogP contribution < -0.4 is 0 Å². The number of aryl methyl sites for hydroxylation is 2. The minimum Gasteiger partial charge on any atom is -0.493 e. The summed E-state index contributed by atoms with van der Waals surface area (Å²) in [7, 11) is 0. The maximum Gasteiger partial charge on any atom is 0.211 e. The Balaban J connectivity index is 1.62. The number of unbranched alkanes of at least 4 members (excludes halogenated alkanes) is 26. The normalized spacial score (nSPS) is 13.2. The number of hydrogen-bond donors (Lipinski definition) is 0. The third-order valence-corrected chi connectivity index (χ3v) is 12.5. The van der Waals surface area contributed by atoms with Crippen LogP contribution in [0.3, 0.4) is 0 Å². The number of hydrogen-bond acceptors (Lipinski definition) is 0. The molecule has 56 heavy (non-hydrogen) atoms. The van der Waals surface area contributed by atoms with E-state index >= 15 is 0 Å². The van der Waals surface area contributed by atoms with E-state index in [1.54, 1.807) is 4.70 Å². The Labute approximate surface area is 348 Å². The van der Waals surface area contributed by atoms with Crippen molar-refractivity contribution in [3.63, 3.8) is 0 Å². The average molecular weight is 765 g/mol. The van der Waals surface area contributed by atoms with Crippen molar-refractivity contribution >= 4 is 11.4 Å². The lowest BCUT2D eigenvalue weighted by atomic mass is 9.90. The van der Waals surface area contributed by atoms with Crippen molar-refractivity contribution in [2.45, 2.75) is 246 Å². The molecule has 0 aromatic heterocycles. The number of allylic oxidation sites excluding steroid dienone is 2. The quantitative estimate of drug-likeness (QED) is 0.0488. The van der Waals surface area contributed by atoms with E-state index in [0.717, 1.165) is 42.6 Å². The average Bonchev–Trinajstić information content (AvgIpc) is 3.49. The summed E-state index contributed by atoms with van der Waals surface area (Å²) in [6, 6.07) is 18.4. The van der Waals surface area contributed by atoms with Gasteiger partial charge in [0, 0.05) is 22.3 Å². The molecule has 2 aromatic carbocycles. The van der Waals surface area contributed by atoms with Gasteiger partial charge < -0.3 is 5.53 Å². The summed E-state index contributed by atoms with van der Waals surface area (Å²) in [6.07, 6.45) is 44.9. The second-order valence-electron chi connectivity index (χ2n) is 17.6. The van der Waals surface area contributed by atoms with Gasteiger partial charge in [0.1, 0.15) is 0 Å². The standard InChI is InChI=1S/C54H88N2/c1-5-9-13-16-18-19-20-21-22-23-24-25-26-27-28-29-31-34-41-51-52(40-33-15-11-7-3)54(50-39-35-38-48(46-50)37-32-30-17-14-10-6-2)56(55)53(51)49-44-42-47(43-45-49)36-12-8-4/h35,38-39,42-46H,5-34,36-37,40-41H2,1-4H3. The molecular weight excluding hydrogens is 677 g/mol. The Hall–Kier alpha value is -2.48. The van der Waals surface area contributed by atoms with Crippen LogP contribution >= 0.6 is 0 Å². The fourth-order valence-corrected chi connectivity index (χ4v) is 8.91. The third kappa shape index (κ3) is 18.9. The predicted octanol–water partition coefficient (Wildman–Crippen LogP) is 18.5. The summed E-state index contributed by atoms with van der Waals surface area (Å²) < 4.78 is 1.62. The Morgan fingerprint density at radius 1 is 0.339 bits per heavy atom. The van der Waals surface area contributed by atoms with Crippen molar-refractivity contribution in [1.82, 2.24) is 0 Å². The molecule has 3 rings (SSSR count). The van der Waals surface area contributed by atoms with Crippen LogP contribution in [0.25, 0.3) is 16.9 Å². The Bertz CT molecular complexity index is 1360. The van der Waals surface area contributed by atoms with Gasteiger partial charge in [0.2, 0.25) is 11.4 Å². The molecule has 0 unspecified atom stereocenters. The molecule has 1 aliphatic heterocycles. The highest BCUT2D eigenvalue weighted by Crippen LogP contribution is 2.45. The van der Waals surface area contributed by atoms with Crippen molar-refractivity contribution in [2.24, 2.45) is 0 Å². The van der Waals surface area contributed by atoms with E-state index in [0.29, 0.717) is 0 Å². The van der Waals surface area contributed by atoms with E-state index in [2.05, 4.69) is 76.2 Å². The maximum absolute atomic E-state index is 12.3. The number of benzene rings is 2. The molecule has 314 valence electrons. The van der Waals surface area contributed by atoms with Crippen LogP contribution in [-0.4, -0.2) is 4.70 Å². The summed E-state index contributed by atoms with van der Waals surface area (Å²) in [6.45, 7) is 9.17. The van der Waals surface area contributed by atoms with Crippen LogP contribution in [0, 0.1) is 0 Å². The summed E-state index contributed by atoms with van der Waals surface area (Å²) in [5, 5.41) is 0. The molecule has 2 aromatic rings. The third-order valence-electron chi connectivity index (χ3n) is 12.5. The Morgan fingerprint density at radius 2 is 0.696 bits per heavy atom. The van der Waals surface area contributed by atoms with Crippen molar-refractivity contribution in [3.05, 3.63) is 87.5 Å². The van der Waals surface area contributed by atoms with Crippen LogP contribution in [0.5, 0.6) is 0 Å². The molecule has 0 fully saturated rings. The predicted molar refractivity (Wildman–Crippen MR) is 248 cm³/mol. The fraction of sp³-hybridized carbons (Fsp3) is 0.704. The van der Waals surface area contributed by atoms with Gasteiger partial charge in [0.25, 0.3) is 0 Å². The van der Waals surface area contributed by atoms with E-state index in [9.17, 15) is 5.53 Å². The van der Waals surface area contributed by atoms with E-state index in [1.807, 2.05) is 0 Å². The van der Waals surface area contributed by atoms with Gasteiger partial charge in [-0.1, -0.05) is 219 Å². The van der Waals surface area contributed by atoms with Crippen molar-refractivity contribution < 1.29 is 4.70 Å². The van der Waals surface area contributed by atoms with E-state index in [4.69, 9.17) is 0 Å². The molecular formula is C54H88N2. The molecule has 0 spiro atoms. The largest absolute Gasteiger partial charge is 0.493 e. The zero-order chi connectivity index (χ0) is 39.9. The van der Waals surface area contributed by atoms with Gasteiger partial charge in [-0.3, -0.25) is 0 Å². The molecule has 1 heterocycles. The molecule has 0 aliphatic carbocycles. The summed E-state index contributed by atoms with van der Waals surface area (Å²) in [4.78, 5) is 0. The first-order chi connectivity index (χ1) is 27.6. The van der Waals surface area contributed by atoms with Gasteiger partial charge >= 0.3 is 0 Å². The van der Waals surface area contributed by atoms with Crippen LogP contribution in [0.15, 0.2) is 59.7 Å². The van der Waals surface area contributed by atoms with Crippen molar-refractivity contribution in [3.8, 4) is 0 Å². The van der Waals surface area contributed by atoms with Gasteiger partial charge in [0.05, 0.1) is 0 Å². The van der Waals surface area contributed by atoms with Crippen molar-refractivity contribution in [1.29, 1.82) is 0 Å². The van der Waals surface area contributed by atoms with Crippen LogP contribution in [0.2, 0.25) is 0 Å². The highest BCUT2D eigenvalue weighted by atomic mass is 15.2. The summed E-state index contributed by atoms with van der Waals surface area (Å²) in [5.74, 6) is 0. The van der Waals surface area contributed by atoms with Gasteiger partial charge in [0.15, 0.2) is 0 Å². The second-order valence-corrected chi connectivity index (χ2v) is 17.6. The zero-order valence-electron chi connectivity index (χ0n) is 37.6. The summed E-state index contributed by atoms with van der Waals surface area (Å²) in [5.41, 5.74) is 22.3. The Morgan fingerprint density at radius 3 is 1.14 bits per heavy atom. The van der Waals surface area contributed by atoms with Gasteiger partial charge in [-0.2, -0.15) is 0 Å². The van der Waals surface area contributed by atoms with Crippen molar-refractivity contribution in [2.75, 3.05) is 0 Å². The lowest BCUT2D eigenvalue weighted by molar-refractivity contribution is -0.345. The smallest absolute Gasteiger partial charge is 0.211 e. The number of rotatable bonds is 36. The molecule has 0 radical (unpaired) electrons. The maximum atomic E-state index is 12.3. The highest BCUT2D eigenvalue weighted by Gasteiger charge is 2.35. The number of nitrogens with zero attached hydrogens (tertiary/aromatic N) is 2. The first-order valence-corrected chi connectivity index (χ1v) is 24.8. The first-order valence-electron chi connectivity index (χ1n) is 24.8. The molecule has 0 saturated heterocycles. The minimum absolute atomic E-state index is 1.04. The minimum atomic E-state index is 1.04. The topological polar surface area (TPSA) is 25.3 Å². The molecule has 2 heteroatoms. The van der Waals surface area contributed by atoms with Crippen LogP contribution in [-0.2, 0) is 12.8 Å². The van der Waals surface area contributed by atoms with Crippen LogP contribution in [0.1, 0.15) is 255 Å². The fourth-order valence-electron chi connectivity index (χ4n) is 8.91. The highest BCUT2D eigenvalue weighted by molar-refractivity contribution is 5.82. The van der Waals surface area contributed by atoms with Crippen LogP contribution in [0.4, 0.5) is 0 Å². The summed E-state index contributed by atoms with van der Waals surface area (Å²) >= 11 is 0. The molecule has 1 aliphatic rings. The van der Waals surface area contributed by atoms with E-state index in [-0.39, 0.29) is 0 Å². The zero-order valence-corrected chi connectivity index (χ0v) is 37.6. The second kappa shape index (κ2) is 31.5. The lowest BCUT2D eigenvalue weighted by Crippen LogP contribution is -2.03. The SMILES string of the molecule is CCCCCCCCCCCCCCCCCCCCC1=C(c2ccc(CCCC)cc2)[N+](=[N-])C(c2cccc(CCCCCCCC)c2)=C1CCCCCC. The Kier molecular flexibility index (Phi) is 26.9. The molecule has 2 nitrogen and oxygen atoms in total. The van der Waals surface area contributed by atoms with Gasteiger partial charge in [-0.25, -0.2) is 4.70 Å². The molecule has 0 atom stereocenters. The lowest BCUT2D eigenvalue weighted by Gasteiger charge is -2.11. The van der Waals surface area contributed by atoms with E-state index in [1.165, 1.54) is 220 Å². The molecule has 0 amide bonds.